The van der Waals surface area contributed by atoms with E-state index in [0.717, 1.165) is 25.9 Å². The van der Waals surface area contributed by atoms with Gasteiger partial charge in [0.1, 0.15) is 13.2 Å². The van der Waals surface area contributed by atoms with Crippen LogP contribution in [-0.4, -0.2) is 54.3 Å². The van der Waals surface area contributed by atoms with Gasteiger partial charge in [-0.1, -0.05) is 6.07 Å². The molecule has 148 valence electrons. The number of carbonyl (C=O) groups is 1. The van der Waals surface area contributed by atoms with Crippen molar-refractivity contribution >= 4 is 11.9 Å². The zero-order valence-corrected chi connectivity index (χ0v) is 15.8. The summed E-state index contributed by atoms with van der Waals surface area (Å²) in [5.74, 6) is 1.80. The number of hydrogen-bond acceptors (Lipinski definition) is 8. The highest BCUT2D eigenvalue weighted by Gasteiger charge is 2.21. The van der Waals surface area contributed by atoms with E-state index in [2.05, 4.69) is 25.2 Å². The molecule has 1 N–H and O–H groups in total. The van der Waals surface area contributed by atoms with Crippen LogP contribution in [0, 0.1) is 0 Å². The maximum absolute atomic E-state index is 12.7. The van der Waals surface area contributed by atoms with Crippen LogP contribution in [0.1, 0.15) is 35.4 Å². The second kappa shape index (κ2) is 8.28. The first-order chi connectivity index (χ1) is 13.7. The van der Waals surface area contributed by atoms with Crippen molar-refractivity contribution in [1.82, 2.24) is 20.3 Å². The Morgan fingerprint density at radius 1 is 1.14 bits per heavy atom. The molecule has 0 aliphatic carbocycles. The molecule has 1 saturated heterocycles. The Bertz CT molecular complexity index is 854. The molecule has 1 fully saturated rings. The molecule has 0 saturated carbocycles. The van der Waals surface area contributed by atoms with Crippen molar-refractivity contribution in [1.29, 1.82) is 0 Å². The summed E-state index contributed by atoms with van der Waals surface area (Å²) >= 11 is 0. The number of fused-ring (bicyclic) bond motifs is 1. The van der Waals surface area contributed by atoms with Gasteiger partial charge in [-0.2, -0.15) is 15.0 Å². The molecular weight excluding hydrogens is 362 g/mol. The lowest BCUT2D eigenvalue weighted by atomic mass is 10.1. The number of anilines is 1. The topological polar surface area (TPSA) is 98.7 Å². The van der Waals surface area contributed by atoms with Gasteiger partial charge in [0.25, 0.3) is 5.91 Å². The molecule has 28 heavy (non-hydrogen) atoms. The minimum Gasteiger partial charge on any atom is -0.486 e. The first-order valence-electron chi connectivity index (χ1n) is 9.45. The number of aromatic nitrogens is 3. The average Bonchev–Trinajstić information content (AvgIpc) is 2.77. The Morgan fingerprint density at radius 2 is 1.96 bits per heavy atom. The molecule has 2 aromatic rings. The molecule has 9 heteroatoms. The van der Waals surface area contributed by atoms with Gasteiger partial charge in [-0.15, -0.1) is 0 Å². The van der Waals surface area contributed by atoms with Crippen LogP contribution in [0.15, 0.2) is 18.2 Å². The smallest absolute Gasteiger partial charge is 0.321 e. The lowest BCUT2D eigenvalue weighted by molar-refractivity contribution is 0.0938. The molecule has 0 atom stereocenters. The summed E-state index contributed by atoms with van der Waals surface area (Å²) in [5, 5.41) is 2.85. The summed E-state index contributed by atoms with van der Waals surface area (Å²) in [6.45, 7) is 2.87. The zero-order chi connectivity index (χ0) is 19.3. The number of hydrogen-bond donors (Lipinski definition) is 1. The molecule has 3 heterocycles. The van der Waals surface area contributed by atoms with E-state index in [-0.39, 0.29) is 18.5 Å². The molecule has 0 bridgehead atoms. The number of nitrogens with zero attached hydrogens (tertiary/aromatic N) is 4. The van der Waals surface area contributed by atoms with Crippen LogP contribution < -0.4 is 24.4 Å². The number of carbonyl (C=O) groups excluding carboxylic acids is 1. The molecule has 1 amide bonds. The molecule has 2 aliphatic heterocycles. The van der Waals surface area contributed by atoms with E-state index >= 15 is 0 Å². The highest BCUT2D eigenvalue weighted by molar-refractivity contribution is 5.97. The molecule has 9 nitrogen and oxygen atoms in total. The van der Waals surface area contributed by atoms with Gasteiger partial charge in [-0.05, 0) is 31.4 Å². The van der Waals surface area contributed by atoms with Crippen molar-refractivity contribution in [2.24, 2.45) is 0 Å². The number of amides is 1. The van der Waals surface area contributed by atoms with E-state index in [1.54, 1.807) is 18.2 Å². The van der Waals surface area contributed by atoms with Crippen molar-refractivity contribution in [2.75, 3.05) is 38.3 Å². The van der Waals surface area contributed by atoms with E-state index in [1.165, 1.54) is 13.5 Å². The summed E-state index contributed by atoms with van der Waals surface area (Å²) in [7, 11) is 1.52. The van der Waals surface area contributed by atoms with E-state index in [0.29, 0.717) is 42.0 Å². The summed E-state index contributed by atoms with van der Waals surface area (Å²) in [6.07, 6.45) is 3.44. The lowest BCUT2D eigenvalue weighted by Crippen LogP contribution is -2.32. The Hall–Kier alpha value is -3.10. The standard InChI is InChI=1S/C19H23N5O4/c1-26-19-22-15(21-18(23-19)24-8-3-2-4-9-24)12-20-17(25)13-6-5-7-14-16(13)28-11-10-27-14/h5-7H,2-4,8-12H2,1H3,(H,20,25). The Labute approximate surface area is 163 Å². The lowest BCUT2D eigenvalue weighted by Gasteiger charge is -2.26. The van der Waals surface area contributed by atoms with Crippen molar-refractivity contribution < 1.29 is 19.0 Å². The van der Waals surface area contributed by atoms with Crippen LogP contribution >= 0.6 is 0 Å². The number of benzene rings is 1. The van der Waals surface area contributed by atoms with Crippen molar-refractivity contribution in [2.45, 2.75) is 25.8 Å². The van der Waals surface area contributed by atoms with Gasteiger partial charge in [0.15, 0.2) is 17.3 Å². The Morgan fingerprint density at radius 3 is 2.79 bits per heavy atom. The summed E-state index contributed by atoms with van der Waals surface area (Å²) < 4.78 is 16.4. The molecule has 4 rings (SSSR count). The fourth-order valence-corrected chi connectivity index (χ4v) is 3.30. The van der Waals surface area contributed by atoms with Crippen molar-refractivity contribution in [3.8, 4) is 17.5 Å². The average molecular weight is 385 g/mol. The third-order valence-electron chi connectivity index (χ3n) is 4.69. The third-order valence-corrected chi connectivity index (χ3v) is 4.69. The molecule has 0 unspecified atom stereocenters. The van der Waals surface area contributed by atoms with Gasteiger partial charge in [0.2, 0.25) is 5.95 Å². The monoisotopic (exact) mass is 385 g/mol. The second-order valence-electron chi connectivity index (χ2n) is 6.60. The van der Waals surface area contributed by atoms with E-state index in [1.807, 2.05) is 0 Å². The van der Waals surface area contributed by atoms with E-state index in [4.69, 9.17) is 14.2 Å². The first-order valence-corrected chi connectivity index (χ1v) is 9.45. The fraction of sp³-hybridized carbons (Fsp3) is 0.474. The predicted octanol–water partition coefficient (Wildman–Crippen LogP) is 1.57. The van der Waals surface area contributed by atoms with Gasteiger partial charge in [0, 0.05) is 13.1 Å². The molecule has 1 aromatic carbocycles. The first kappa shape index (κ1) is 18.3. The molecule has 0 spiro atoms. The highest BCUT2D eigenvalue weighted by atomic mass is 16.6. The SMILES string of the molecule is COc1nc(CNC(=O)c2cccc3c2OCCO3)nc(N2CCCCC2)n1. The van der Waals surface area contributed by atoms with Crippen LogP contribution in [0.4, 0.5) is 5.95 Å². The number of rotatable bonds is 5. The van der Waals surface area contributed by atoms with Gasteiger partial charge in [-0.3, -0.25) is 4.79 Å². The minimum atomic E-state index is -0.277. The molecular formula is C19H23N5O4. The molecule has 2 aliphatic rings. The number of ether oxygens (including phenoxy) is 3. The van der Waals surface area contributed by atoms with Crippen LogP contribution in [0.3, 0.4) is 0 Å². The fourth-order valence-electron chi connectivity index (χ4n) is 3.30. The van der Waals surface area contributed by atoms with Crippen LogP contribution in [0.2, 0.25) is 0 Å². The Kier molecular flexibility index (Phi) is 5.41. The van der Waals surface area contributed by atoms with E-state index in [9.17, 15) is 4.79 Å². The summed E-state index contributed by atoms with van der Waals surface area (Å²) in [5.41, 5.74) is 0.425. The number of methoxy groups -OCH3 is 1. The van der Waals surface area contributed by atoms with Gasteiger partial charge in [-0.25, -0.2) is 0 Å². The number of para-hydroxylation sites is 1. The predicted molar refractivity (Wildman–Crippen MR) is 101 cm³/mol. The van der Waals surface area contributed by atoms with Crippen molar-refractivity contribution in [3.05, 3.63) is 29.6 Å². The molecule has 0 radical (unpaired) electrons. The summed E-state index contributed by atoms with van der Waals surface area (Å²) in [4.78, 5) is 27.9. The highest BCUT2D eigenvalue weighted by Crippen LogP contribution is 2.33. The Balaban J connectivity index is 1.49. The normalized spacial score (nSPS) is 15.8. The second-order valence-corrected chi connectivity index (χ2v) is 6.60. The number of nitrogens with one attached hydrogen (secondary N) is 1. The maximum atomic E-state index is 12.7. The zero-order valence-electron chi connectivity index (χ0n) is 15.8. The van der Waals surface area contributed by atoms with Gasteiger partial charge < -0.3 is 24.4 Å². The summed E-state index contributed by atoms with van der Waals surface area (Å²) in [6, 6.07) is 5.50. The van der Waals surface area contributed by atoms with Crippen LogP contribution in [-0.2, 0) is 6.54 Å². The van der Waals surface area contributed by atoms with Gasteiger partial charge >= 0.3 is 6.01 Å². The van der Waals surface area contributed by atoms with Crippen molar-refractivity contribution in [3.63, 3.8) is 0 Å². The maximum Gasteiger partial charge on any atom is 0.321 e. The molecule has 1 aromatic heterocycles. The third kappa shape index (κ3) is 3.92. The van der Waals surface area contributed by atoms with Gasteiger partial charge in [0.05, 0.1) is 19.2 Å². The van der Waals surface area contributed by atoms with Crippen LogP contribution in [0.25, 0.3) is 0 Å². The number of piperidine rings is 1. The van der Waals surface area contributed by atoms with Crippen LogP contribution in [0.5, 0.6) is 17.5 Å². The van der Waals surface area contributed by atoms with E-state index < -0.39 is 0 Å². The quantitative estimate of drug-likeness (QED) is 0.828. The largest absolute Gasteiger partial charge is 0.486 e. The minimum absolute atomic E-state index is 0.156.